The highest BCUT2D eigenvalue weighted by atomic mass is 19.4. The fourth-order valence-corrected chi connectivity index (χ4v) is 6.93. The van der Waals surface area contributed by atoms with Crippen molar-refractivity contribution in [3.63, 3.8) is 0 Å². The minimum Gasteiger partial charge on any atom is -0.432 e. The molecule has 2 unspecified atom stereocenters. The SMILES string of the molecule is C=CCCC1CCC(C2CCC(C3CCC(C(F)(F)Oc4ccc(C(F)(F)OC(F)(F)F)c(F)c4)CC3)CC2)OC1. The first kappa shape index (κ1) is 32.0. The molecule has 0 bridgehead atoms. The van der Waals surface area contributed by atoms with Gasteiger partial charge in [-0.15, -0.1) is 19.8 Å². The summed E-state index contributed by atoms with van der Waals surface area (Å²) in [5.74, 6) is -1.77. The van der Waals surface area contributed by atoms with Gasteiger partial charge >= 0.3 is 18.6 Å². The van der Waals surface area contributed by atoms with Crippen molar-refractivity contribution < 1.29 is 49.3 Å². The molecular weight excluding hydrogens is 560 g/mol. The number of alkyl halides is 7. The Bertz CT molecular complexity index is 990. The fourth-order valence-electron chi connectivity index (χ4n) is 6.93. The fraction of sp³-hybridized carbons (Fsp3) is 0.733. The van der Waals surface area contributed by atoms with Crippen LogP contribution in [-0.2, 0) is 15.6 Å². The van der Waals surface area contributed by atoms with Crippen molar-refractivity contribution in [2.45, 2.75) is 102 Å². The Kier molecular flexibility index (Phi) is 10.3. The van der Waals surface area contributed by atoms with E-state index in [0.29, 0.717) is 48.7 Å². The van der Waals surface area contributed by atoms with Gasteiger partial charge in [0, 0.05) is 12.7 Å². The van der Waals surface area contributed by atoms with Crippen molar-refractivity contribution >= 4 is 0 Å². The zero-order valence-electron chi connectivity index (χ0n) is 22.9. The van der Waals surface area contributed by atoms with E-state index < -0.39 is 41.6 Å². The number of halogens is 8. The van der Waals surface area contributed by atoms with Crippen LogP contribution in [0.25, 0.3) is 0 Å². The van der Waals surface area contributed by atoms with Gasteiger partial charge in [-0.25, -0.2) is 9.13 Å². The van der Waals surface area contributed by atoms with Gasteiger partial charge in [-0.05, 0) is 113 Å². The Hall–Kier alpha value is -1.88. The third-order valence-electron chi connectivity index (χ3n) is 9.19. The Morgan fingerprint density at radius 1 is 0.829 bits per heavy atom. The van der Waals surface area contributed by atoms with E-state index in [9.17, 15) is 35.1 Å². The molecule has 1 aromatic rings. The highest BCUT2D eigenvalue weighted by molar-refractivity contribution is 5.31. The van der Waals surface area contributed by atoms with Crippen LogP contribution in [0, 0.1) is 35.4 Å². The van der Waals surface area contributed by atoms with Crippen LogP contribution < -0.4 is 4.74 Å². The summed E-state index contributed by atoms with van der Waals surface area (Å²) in [7, 11) is 0. The Morgan fingerprint density at radius 3 is 1.98 bits per heavy atom. The number of rotatable bonds is 10. The second-order valence-electron chi connectivity index (χ2n) is 11.8. The first-order valence-corrected chi connectivity index (χ1v) is 14.5. The minimum atomic E-state index is -5.73. The Morgan fingerprint density at radius 2 is 1.44 bits per heavy atom. The molecule has 1 saturated heterocycles. The van der Waals surface area contributed by atoms with E-state index in [1.54, 1.807) is 0 Å². The lowest BCUT2D eigenvalue weighted by Gasteiger charge is -2.41. The first-order chi connectivity index (χ1) is 19.3. The lowest BCUT2D eigenvalue weighted by atomic mass is 9.68. The number of benzene rings is 1. The van der Waals surface area contributed by atoms with Crippen molar-refractivity contribution in [3.05, 3.63) is 42.2 Å². The number of allylic oxidation sites excluding steroid dienone is 1. The summed E-state index contributed by atoms with van der Waals surface area (Å²) < 4.78 is 121. The largest absolute Gasteiger partial charge is 0.527 e. The molecule has 41 heavy (non-hydrogen) atoms. The zero-order chi connectivity index (χ0) is 29.8. The molecular formula is C30H38F8O3. The van der Waals surface area contributed by atoms with E-state index in [1.165, 1.54) is 6.42 Å². The standard InChI is InChI=1S/C30H38F8O3/c1-2-3-4-19-5-16-27(39-18-19)22-8-6-20(7-9-22)21-10-12-23(13-11-21)28(32,33)40-24-14-15-25(26(31)17-24)29(34,35)41-30(36,37)38/h2,14-15,17,19-23,27H,1,3-13,16,18H2. The van der Waals surface area contributed by atoms with Gasteiger partial charge in [0.25, 0.3) is 0 Å². The van der Waals surface area contributed by atoms with Crippen LogP contribution in [0.3, 0.4) is 0 Å². The van der Waals surface area contributed by atoms with Gasteiger partial charge < -0.3 is 9.47 Å². The predicted molar refractivity (Wildman–Crippen MR) is 136 cm³/mol. The summed E-state index contributed by atoms with van der Waals surface area (Å²) in [5, 5.41) is 0. The van der Waals surface area contributed by atoms with Crippen LogP contribution in [0.15, 0.2) is 30.9 Å². The number of hydrogen-bond acceptors (Lipinski definition) is 3. The molecule has 0 spiro atoms. The Labute approximate surface area is 235 Å². The summed E-state index contributed by atoms with van der Waals surface area (Å²) in [6, 6.07) is 1.05. The van der Waals surface area contributed by atoms with Crippen LogP contribution in [-0.4, -0.2) is 25.2 Å². The molecule has 0 amide bonds. The zero-order valence-corrected chi connectivity index (χ0v) is 22.9. The summed E-state index contributed by atoms with van der Waals surface area (Å²) in [6.45, 7) is 4.60. The molecule has 2 saturated carbocycles. The molecule has 0 aromatic heterocycles. The quantitative estimate of drug-likeness (QED) is 0.198. The van der Waals surface area contributed by atoms with Gasteiger partial charge in [0.1, 0.15) is 11.6 Å². The van der Waals surface area contributed by atoms with Crippen LogP contribution in [0.4, 0.5) is 35.1 Å². The van der Waals surface area contributed by atoms with E-state index in [1.807, 2.05) is 6.08 Å². The van der Waals surface area contributed by atoms with Crippen LogP contribution in [0.1, 0.15) is 82.6 Å². The molecule has 3 nitrogen and oxygen atoms in total. The normalized spacial score (nSPS) is 30.1. The van der Waals surface area contributed by atoms with Crippen molar-refractivity contribution in [1.29, 1.82) is 0 Å². The molecule has 0 radical (unpaired) electrons. The molecule has 232 valence electrons. The van der Waals surface area contributed by atoms with Gasteiger partial charge in [0.15, 0.2) is 0 Å². The highest BCUT2D eigenvalue weighted by Gasteiger charge is 2.49. The van der Waals surface area contributed by atoms with E-state index >= 15 is 0 Å². The predicted octanol–water partition coefficient (Wildman–Crippen LogP) is 9.76. The molecule has 1 heterocycles. The second kappa shape index (κ2) is 13.2. The van der Waals surface area contributed by atoms with Gasteiger partial charge in [-0.2, -0.15) is 17.6 Å². The highest BCUT2D eigenvalue weighted by Crippen LogP contribution is 2.47. The molecule has 0 N–H and O–H groups in total. The van der Waals surface area contributed by atoms with Gasteiger partial charge in [-0.1, -0.05) is 6.08 Å². The van der Waals surface area contributed by atoms with Crippen LogP contribution in [0.2, 0.25) is 0 Å². The van der Waals surface area contributed by atoms with E-state index in [-0.39, 0.29) is 25.0 Å². The van der Waals surface area contributed by atoms with Crippen LogP contribution in [0.5, 0.6) is 5.75 Å². The molecule has 4 rings (SSSR count). The molecule has 3 fully saturated rings. The maximum Gasteiger partial charge on any atom is 0.527 e. The maximum absolute atomic E-state index is 14.9. The third kappa shape index (κ3) is 8.58. The van der Waals surface area contributed by atoms with E-state index in [2.05, 4.69) is 16.1 Å². The minimum absolute atomic E-state index is 0.202. The van der Waals surface area contributed by atoms with E-state index in [4.69, 9.17) is 4.74 Å². The van der Waals surface area contributed by atoms with Gasteiger partial charge in [0.2, 0.25) is 0 Å². The molecule has 1 aromatic carbocycles. The topological polar surface area (TPSA) is 27.7 Å². The molecule has 3 aliphatic rings. The lowest BCUT2D eigenvalue weighted by molar-refractivity contribution is -0.432. The van der Waals surface area contributed by atoms with Gasteiger partial charge in [0.05, 0.1) is 17.6 Å². The summed E-state index contributed by atoms with van der Waals surface area (Å²) in [5.41, 5.74) is -1.73. The van der Waals surface area contributed by atoms with Crippen LogP contribution >= 0.6 is 0 Å². The summed E-state index contributed by atoms with van der Waals surface area (Å²) in [4.78, 5) is 0. The third-order valence-corrected chi connectivity index (χ3v) is 9.19. The summed E-state index contributed by atoms with van der Waals surface area (Å²) >= 11 is 0. The lowest BCUT2D eigenvalue weighted by Crippen LogP contribution is -2.39. The van der Waals surface area contributed by atoms with Crippen molar-refractivity contribution in [2.24, 2.45) is 29.6 Å². The Balaban J connectivity index is 1.23. The second-order valence-corrected chi connectivity index (χ2v) is 11.8. The molecule has 11 heteroatoms. The maximum atomic E-state index is 14.9. The monoisotopic (exact) mass is 598 g/mol. The average molecular weight is 599 g/mol. The molecule has 2 atom stereocenters. The average Bonchev–Trinajstić information content (AvgIpc) is 2.91. The van der Waals surface area contributed by atoms with Crippen molar-refractivity contribution in [3.8, 4) is 5.75 Å². The summed E-state index contributed by atoms with van der Waals surface area (Å²) in [6.07, 6.45) is -1.87. The van der Waals surface area contributed by atoms with Crippen molar-refractivity contribution in [1.82, 2.24) is 0 Å². The first-order valence-electron chi connectivity index (χ1n) is 14.5. The number of ether oxygens (including phenoxy) is 3. The molecule has 2 aliphatic carbocycles. The van der Waals surface area contributed by atoms with E-state index in [0.717, 1.165) is 51.6 Å². The molecule has 1 aliphatic heterocycles. The smallest absolute Gasteiger partial charge is 0.432 e. The van der Waals surface area contributed by atoms with Gasteiger partial charge in [-0.3, -0.25) is 0 Å². The number of hydrogen-bond donors (Lipinski definition) is 0. The van der Waals surface area contributed by atoms with Crippen molar-refractivity contribution in [2.75, 3.05) is 6.61 Å².